The summed E-state index contributed by atoms with van der Waals surface area (Å²) >= 11 is 0. The molecular formula is C43H37N3O7. The van der Waals surface area contributed by atoms with Crippen LogP contribution in [0.3, 0.4) is 0 Å². The Morgan fingerprint density at radius 1 is 0.887 bits per heavy atom. The Bertz CT molecular complexity index is 2260. The van der Waals surface area contributed by atoms with Crippen LogP contribution < -0.4 is 14.8 Å². The highest BCUT2D eigenvalue weighted by Crippen LogP contribution is 2.48. The quantitative estimate of drug-likeness (QED) is 0.143. The van der Waals surface area contributed by atoms with Gasteiger partial charge >= 0.3 is 0 Å². The van der Waals surface area contributed by atoms with Crippen LogP contribution >= 0.6 is 0 Å². The zero-order valence-corrected chi connectivity index (χ0v) is 29.4. The van der Waals surface area contributed by atoms with E-state index in [9.17, 15) is 19.2 Å². The standard InChI is InChI=1S/C43H37N3O7/c1-51-34-16-14-31(39(25-34)52-2)27-46-41(49)36-18-13-30(26-44-40(48)35-11-7-6-10-32(35)28-47)24-37(36)43(46)20-22-45(23-21-43)42(50)38-19-17-33(53-38)15-12-29-8-4-3-5-9-29/h3-11,13-14,16-19,24-25,28H,20-23,26-27H2,1-2H3,(H,44,48). The fourth-order valence-electron chi connectivity index (χ4n) is 7.17. The second kappa shape index (κ2) is 14.9. The van der Waals surface area contributed by atoms with Crippen LogP contribution in [0.5, 0.6) is 11.5 Å². The summed E-state index contributed by atoms with van der Waals surface area (Å²) in [6.07, 6.45) is 1.60. The first kappa shape index (κ1) is 34.8. The number of likely N-dealkylation sites (tertiary alicyclic amines) is 1. The smallest absolute Gasteiger partial charge is 0.289 e. The predicted octanol–water partition coefficient (Wildman–Crippen LogP) is 6.23. The minimum Gasteiger partial charge on any atom is -0.497 e. The maximum atomic E-state index is 14.3. The van der Waals surface area contributed by atoms with Crippen LogP contribution in [0.1, 0.15) is 82.5 Å². The summed E-state index contributed by atoms with van der Waals surface area (Å²) in [7, 11) is 3.17. The first-order chi connectivity index (χ1) is 25.8. The Balaban J connectivity index is 1.15. The molecule has 53 heavy (non-hydrogen) atoms. The highest BCUT2D eigenvalue weighted by atomic mass is 16.5. The zero-order chi connectivity index (χ0) is 37.0. The van der Waals surface area contributed by atoms with E-state index in [1.807, 2.05) is 65.6 Å². The average Bonchev–Trinajstić information content (AvgIpc) is 3.77. The lowest BCUT2D eigenvalue weighted by Crippen LogP contribution is -2.52. The van der Waals surface area contributed by atoms with Gasteiger partial charge in [-0.3, -0.25) is 19.2 Å². The minimum atomic E-state index is -0.742. The number of hydrogen-bond acceptors (Lipinski definition) is 7. The highest BCUT2D eigenvalue weighted by molar-refractivity contribution is 6.02. The number of amides is 3. The molecule has 0 bridgehead atoms. The summed E-state index contributed by atoms with van der Waals surface area (Å²) in [4.78, 5) is 56.2. The first-order valence-electron chi connectivity index (χ1n) is 17.3. The van der Waals surface area contributed by atoms with Gasteiger partial charge in [0.1, 0.15) is 11.5 Å². The van der Waals surface area contributed by atoms with Gasteiger partial charge in [0.25, 0.3) is 17.7 Å². The molecule has 0 radical (unpaired) electrons. The molecule has 5 aromatic rings. The molecule has 0 unspecified atom stereocenters. The van der Waals surface area contributed by atoms with Gasteiger partial charge in [0, 0.05) is 53.5 Å². The number of nitrogens with one attached hydrogen (secondary N) is 1. The van der Waals surface area contributed by atoms with Crippen LogP contribution in [-0.2, 0) is 18.6 Å². The number of hydrogen-bond donors (Lipinski definition) is 1. The van der Waals surface area contributed by atoms with Crippen LogP contribution in [0.15, 0.2) is 108 Å². The summed E-state index contributed by atoms with van der Waals surface area (Å²) in [6, 6.07) is 30.7. The van der Waals surface area contributed by atoms with E-state index < -0.39 is 5.54 Å². The number of furan rings is 1. The van der Waals surface area contributed by atoms with Crippen molar-refractivity contribution in [3.05, 3.63) is 154 Å². The fraction of sp³-hybridized carbons (Fsp3) is 0.209. The second-order valence-corrected chi connectivity index (χ2v) is 12.9. The van der Waals surface area contributed by atoms with Crippen molar-refractivity contribution in [3.8, 4) is 23.3 Å². The number of piperidine rings is 1. The topological polar surface area (TPSA) is 118 Å². The van der Waals surface area contributed by atoms with Gasteiger partial charge in [-0.15, -0.1) is 0 Å². The van der Waals surface area contributed by atoms with Crippen molar-refractivity contribution in [2.45, 2.75) is 31.5 Å². The van der Waals surface area contributed by atoms with Gasteiger partial charge in [-0.1, -0.05) is 54.5 Å². The SMILES string of the molecule is COc1ccc(CN2C(=O)c3ccc(CNC(=O)c4ccccc4C=O)cc3C23CCN(C(=O)c2ccc(C#Cc4ccccc4)o2)CC3)c(OC)c1. The number of benzene rings is 4. The number of fused-ring (bicyclic) bond motifs is 2. The number of ether oxygens (including phenoxy) is 2. The Kier molecular flexibility index (Phi) is 9.82. The van der Waals surface area contributed by atoms with Gasteiger partial charge in [0.15, 0.2) is 17.8 Å². The molecule has 10 heteroatoms. The van der Waals surface area contributed by atoms with E-state index in [-0.39, 0.29) is 36.6 Å². The lowest BCUT2D eigenvalue weighted by molar-refractivity contribution is 0.0212. The maximum Gasteiger partial charge on any atom is 0.289 e. The van der Waals surface area contributed by atoms with E-state index in [1.54, 1.807) is 61.6 Å². The Morgan fingerprint density at radius 2 is 1.66 bits per heavy atom. The lowest BCUT2D eigenvalue weighted by Gasteiger charge is -2.45. The molecule has 3 amide bonds. The number of carbonyl (C=O) groups is 4. The van der Waals surface area contributed by atoms with Crippen LogP contribution in [0.25, 0.3) is 0 Å². The molecule has 4 aromatic carbocycles. The Labute approximate surface area is 307 Å². The van der Waals surface area contributed by atoms with Crippen LogP contribution in [0.2, 0.25) is 0 Å². The van der Waals surface area contributed by atoms with Gasteiger partial charge in [-0.05, 0) is 78.4 Å². The molecule has 0 atom stereocenters. The lowest BCUT2D eigenvalue weighted by atomic mass is 9.80. The third-order valence-electron chi connectivity index (χ3n) is 9.98. The molecule has 3 heterocycles. The third-order valence-corrected chi connectivity index (χ3v) is 9.98. The summed E-state index contributed by atoms with van der Waals surface area (Å²) in [5.41, 5.74) is 3.73. The fourth-order valence-corrected chi connectivity index (χ4v) is 7.17. The van der Waals surface area contributed by atoms with E-state index >= 15 is 0 Å². The van der Waals surface area contributed by atoms with Crippen molar-refractivity contribution in [3.63, 3.8) is 0 Å². The van der Waals surface area contributed by atoms with Crippen LogP contribution in [0.4, 0.5) is 0 Å². The van der Waals surface area contributed by atoms with Gasteiger partial charge in [0.2, 0.25) is 0 Å². The first-order valence-corrected chi connectivity index (χ1v) is 17.3. The van der Waals surface area contributed by atoms with Crippen molar-refractivity contribution in [2.75, 3.05) is 27.3 Å². The Morgan fingerprint density at radius 3 is 2.42 bits per heavy atom. The summed E-state index contributed by atoms with van der Waals surface area (Å²) in [6.45, 7) is 1.20. The highest BCUT2D eigenvalue weighted by Gasteiger charge is 2.51. The molecule has 266 valence electrons. The Hall–Kier alpha value is -6.60. The molecule has 2 aliphatic rings. The maximum absolute atomic E-state index is 14.3. The summed E-state index contributed by atoms with van der Waals surface area (Å²) in [5.74, 6) is 7.14. The number of carbonyl (C=O) groups excluding carboxylic acids is 4. The van der Waals surface area contributed by atoms with Crippen molar-refractivity contribution in [1.82, 2.24) is 15.1 Å². The third kappa shape index (κ3) is 6.89. The molecule has 1 aromatic heterocycles. The number of aldehydes is 1. The molecule has 7 rings (SSSR count). The predicted molar refractivity (Wildman–Crippen MR) is 197 cm³/mol. The van der Waals surface area contributed by atoms with Gasteiger partial charge in [0.05, 0.1) is 26.3 Å². The second-order valence-electron chi connectivity index (χ2n) is 12.9. The molecule has 2 aliphatic heterocycles. The van der Waals surface area contributed by atoms with E-state index in [0.29, 0.717) is 66.2 Å². The molecule has 0 aliphatic carbocycles. The number of methoxy groups -OCH3 is 2. The van der Waals surface area contributed by atoms with Crippen molar-refractivity contribution >= 4 is 24.0 Å². The van der Waals surface area contributed by atoms with Crippen molar-refractivity contribution in [1.29, 1.82) is 0 Å². The number of rotatable bonds is 9. The average molecular weight is 708 g/mol. The molecule has 0 saturated carbocycles. The van der Waals surface area contributed by atoms with Crippen molar-refractivity contribution < 1.29 is 33.1 Å². The van der Waals surface area contributed by atoms with E-state index in [0.717, 1.165) is 22.3 Å². The molecular weight excluding hydrogens is 670 g/mol. The van der Waals surface area contributed by atoms with Crippen LogP contribution in [0, 0.1) is 11.8 Å². The van der Waals surface area contributed by atoms with Gasteiger partial charge in [-0.2, -0.15) is 0 Å². The van der Waals surface area contributed by atoms with E-state index in [1.165, 1.54) is 0 Å². The normalized spacial score (nSPS) is 14.3. The number of nitrogens with zero attached hydrogens (tertiary/aromatic N) is 2. The molecule has 10 nitrogen and oxygen atoms in total. The van der Waals surface area contributed by atoms with Crippen LogP contribution in [-0.4, -0.2) is 61.1 Å². The molecule has 1 spiro atoms. The van der Waals surface area contributed by atoms with Gasteiger partial charge in [-0.25, -0.2) is 0 Å². The summed E-state index contributed by atoms with van der Waals surface area (Å²) in [5, 5.41) is 2.92. The largest absolute Gasteiger partial charge is 0.497 e. The van der Waals surface area contributed by atoms with Gasteiger partial charge < -0.3 is 29.0 Å². The summed E-state index contributed by atoms with van der Waals surface area (Å²) < 4.78 is 17.0. The zero-order valence-electron chi connectivity index (χ0n) is 29.4. The monoisotopic (exact) mass is 707 g/mol. The van der Waals surface area contributed by atoms with Crippen molar-refractivity contribution in [2.24, 2.45) is 0 Å². The molecule has 1 saturated heterocycles. The molecule has 1 N–H and O–H groups in total. The molecule has 1 fully saturated rings. The minimum absolute atomic E-state index is 0.124. The van der Waals surface area contributed by atoms with E-state index in [4.69, 9.17) is 13.9 Å². The van der Waals surface area contributed by atoms with E-state index in [2.05, 4.69) is 17.2 Å².